The average Bonchev–Trinajstić information content (AvgIpc) is 2.62. The molecule has 0 unspecified atom stereocenters. The van der Waals surface area contributed by atoms with Crippen molar-refractivity contribution >= 4 is 23.3 Å². The average molecular weight is 375 g/mol. The molecule has 0 aromatic heterocycles. The van der Waals surface area contributed by atoms with Crippen molar-refractivity contribution < 1.29 is 29.6 Å². The molecule has 0 radical (unpaired) electrons. The molecule has 0 aliphatic heterocycles. The van der Waals surface area contributed by atoms with E-state index in [1.165, 1.54) is 24.3 Å². The van der Waals surface area contributed by atoms with Crippen molar-refractivity contribution in [3.8, 4) is 5.75 Å². The lowest BCUT2D eigenvalue weighted by atomic mass is 10.0. The van der Waals surface area contributed by atoms with Gasteiger partial charge >= 0.3 is 5.97 Å². The third kappa shape index (κ3) is 4.98. The number of nitrogens with zero attached hydrogens (tertiary/aromatic N) is 2. The number of non-ortho nitro benzene ring substituents is 2. The summed E-state index contributed by atoms with van der Waals surface area (Å²) >= 11 is 0. The van der Waals surface area contributed by atoms with Crippen LogP contribution in [0.1, 0.15) is 15.9 Å². The highest BCUT2D eigenvalue weighted by atomic mass is 16.6. The summed E-state index contributed by atoms with van der Waals surface area (Å²) < 4.78 is 0. The van der Waals surface area contributed by atoms with E-state index in [4.69, 9.17) is 0 Å². The number of benzene rings is 2. The quantitative estimate of drug-likeness (QED) is 0.483. The summed E-state index contributed by atoms with van der Waals surface area (Å²) in [6.07, 6.45) is -0.127. The molecule has 0 bridgehead atoms. The lowest BCUT2D eigenvalue weighted by Crippen LogP contribution is -2.42. The maximum Gasteiger partial charge on any atom is 0.326 e. The van der Waals surface area contributed by atoms with Crippen LogP contribution in [0, 0.1) is 20.2 Å². The Morgan fingerprint density at radius 2 is 1.52 bits per heavy atom. The van der Waals surface area contributed by atoms with Crippen LogP contribution in [0.3, 0.4) is 0 Å². The Morgan fingerprint density at radius 3 is 1.96 bits per heavy atom. The SMILES string of the molecule is O=C(N[C@@H](Cc1ccc(O)cc1)C(=O)O)c1cc([N+](=O)[O-])cc([N+](=O)[O-])c1. The number of phenols is 1. The Labute approximate surface area is 151 Å². The number of hydrogen-bond donors (Lipinski definition) is 3. The van der Waals surface area contributed by atoms with Gasteiger partial charge in [0.25, 0.3) is 17.3 Å². The van der Waals surface area contributed by atoms with Crippen molar-refractivity contribution in [1.29, 1.82) is 0 Å². The zero-order valence-electron chi connectivity index (χ0n) is 13.6. The third-order valence-corrected chi connectivity index (χ3v) is 3.57. The van der Waals surface area contributed by atoms with E-state index < -0.39 is 44.7 Å². The maximum absolute atomic E-state index is 12.3. The summed E-state index contributed by atoms with van der Waals surface area (Å²) in [5.74, 6) is -2.39. The maximum atomic E-state index is 12.3. The Bertz CT molecular complexity index is 878. The molecule has 11 heteroatoms. The van der Waals surface area contributed by atoms with Crippen LogP contribution in [0.4, 0.5) is 11.4 Å². The molecule has 0 aliphatic carbocycles. The molecule has 0 fully saturated rings. The number of nitrogens with one attached hydrogen (secondary N) is 1. The molecule has 0 saturated heterocycles. The molecule has 140 valence electrons. The number of aromatic hydroxyl groups is 1. The zero-order valence-corrected chi connectivity index (χ0v) is 13.6. The van der Waals surface area contributed by atoms with E-state index in [0.717, 1.165) is 12.1 Å². The number of rotatable bonds is 7. The molecule has 0 saturated carbocycles. The van der Waals surface area contributed by atoms with Crippen LogP contribution in [0.5, 0.6) is 5.75 Å². The van der Waals surface area contributed by atoms with Gasteiger partial charge in [0.15, 0.2) is 0 Å². The summed E-state index contributed by atoms with van der Waals surface area (Å²) in [5.41, 5.74) is -1.24. The van der Waals surface area contributed by atoms with Crippen LogP contribution in [0.25, 0.3) is 0 Å². The van der Waals surface area contributed by atoms with Gasteiger partial charge in [0, 0.05) is 18.6 Å². The highest BCUT2D eigenvalue weighted by molar-refractivity contribution is 5.97. The fraction of sp³-hybridized carbons (Fsp3) is 0.125. The normalized spacial score (nSPS) is 11.4. The van der Waals surface area contributed by atoms with Crippen molar-refractivity contribution in [1.82, 2.24) is 5.32 Å². The monoisotopic (exact) mass is 375 g/mol. The molecule has 3 N–H and O–H groups in total. The van der Waals surface area contributed by atoms with E-state index in [0.29, 0.717) is 11.6 Å². The Kier molecular flexibility index (Phi) is 5.65. The minimum absolute atomic E-state index is 0.0152. The molecule has 27 heavy (non-hydrogen) atoms. The molecular weight excluding hydrogens is 362 g/mol. The van der Waals surface area contributed by atoms with Crippen LogP contribution in [-0.2, 0) is 11.2 Å². The summed E-state index contributed by atoms with van der Waals surface area (Å²) in [6.45, 7) is 0. The number of carboxylic acid groups (broad SMARTS) is 1. The Morgan fingerprint density at radius 1 is 1.00 bits per heavy atom. The second-order valence-electron chi connectivity index (χ2n) is 5.49. The van der Waals surface area contributed by atoms with Gasteiger partial charge in [-0.15, -0.1) is 0 Å². The lowest BCUT2D eigenvalue weighted by Gasteiger charge is -2.14. The van der Waals surface area contributed by atoms with E-state index in [2.05, 4.69) is 5.32 Å². The first kappa shape index (κ1) is 19.3. The highest BCUT2D eigenvalue weighted by Crippen LogP contribution is 2.23. The molecule has 1 amide bonds. The van der Waals surface area contributed by atoms with Crippen molar-refractivity contribution in [3.05, 3.63) is 73.8 Å². The molecule has 11 nitrogen and oxygen atoms in total. The number of nitro groups is 2. The Hall–Kier alpha value is -4.02. The molecule has 2 aromatic rings. The standard InChI is InChI=1S/C16H13N3O8/c20-13-3-1-9(2-4-13)5-14(16(22)23)17-15(21)10-6-11(18(24)25)8-12(7-10)19(26)27/h1-4,6-8,14,20H,5H2,(H,17,21)(H,22,23)/t14-/m0/s1. The molecule has 0 aliphatic rings. The largest absolute Gasteiger partial charge is 0.508 e. The number of hydrogen-bond acceptors (Lipinski definition) is 7. The minimum Gasteiger partial charge on any atom is -0.508 e. The van der Waals surface area contributed by atoms with Crippen LogP contribution in [-0.4, -0.2) is 38.0 Å². The van der Waals surface area contributed by atoms with Gasteiger partial charge in [-0.05, 0) is 17.7 Å². The predicted octanol–water partition coefficient (Wildman–Crippen LogP) is 1.63. The van der Waals surface area contributed by atoms with Gasteiger partial charge in [0.1, 0.15) is 11.8 Å². The number of carbonyl (C=O) groups excluding carboxylic acids is 1. The first-order chi connectivity index (χ1) is 12.7. The topological polar surface area (TPSA) is 173 Å². The van der Waals surface area contributed by atoms with Gasteiger partial charge in [0.2, 0.25) is 0 Å². The van der Waals surface area contributed by atoms with Crippen LogP contribution in [0.2, 0.25) is 0 Å². The van der Waals surface area contributed by atoms with Gasteiger partial charge in [-0.2, -0.15) is 0 Å². The van der Waals surface area contributed by atoms with Crippen LogP contribution < -0.4 is 5.32 Å². The number of carboxylic acids is 1. The van der Waals surface area contributed by atoms with E-state index in [1.54, 1.807) is 0 Å². The smallest absolute Gasteiger partial charge is 0.326 e. The molecule has 2 aromatic carbocycles. The van der Waals surface area contributed by atoms with Crippen molar-refractivity contribution in [2.75, 3.05) is 0 Å². The van der Waals surface area contributed by atoms with Gasteiger partial charge < -0.3 is 15.5 Å². The van der Waals surface area contributed by atoms with Crippen molar-refractivity contribution in [2.45, 2.75) is 12.5 Å². The first-order valence-electron chi connectivity index (χ1n) is 7.43. The van der Waals surface area contributed by atoms with Crippen molar-refractivity contribution in [3.63, 3.8) is 0 Å². The third-order valence-electron chi connectivity index (χ3n) is 3.57. The molecular formula is C16H13N3O8. The predicted molar refractivity (Wildman–Crippen MR) is 90.5 cm³/mol. The summed E-state index contributed by atoms with van der Waals surface area (Å²) in [4.78, 5) is 43.7. The summed E-state index contributed by atoms with van der Waals surface area (Å²) in [5, 5.41) is 42.5. The number of nitro benzene ring substituents is 2. The molecule has 0 heterocycles. The molecule has 1 atom stereocenters. The van der Waals surface area contributed by atoms with Gasteiger partial charge in [-0.25, -0.2) is 4.79 Å². The minimum atomic E-state index is -1.39. The van der Waals surface area contributed by atoms with E-state index in [9.17, 15) is 40.0 Å². The number of amides is 1. The lowest BCUT2D eigenvalue weighted by molar-refractivity contribution is -0.394. The first-order valence-corrected chi connectivity index (χ1v) is 7.43. The number of aliphatic carboxylic acids is 1. The van der Waals surface area contributed by atoms with E-state index in [1.807, 2.05) is 0 Å². The molecule has 0 spiro atoms. The van der Waals surface area contributed by atoms with E-state index >= 15 is 0 Å². The number of phenolic OH excluding ortho intramolecular Hbond substituents is 1. The van der Waals surface area contributed by atoms with Gasteiger partial charge in [0.05, 0.1) is 21.5 Å². The van der Waals surface area contributed by atoms with Crippen molar-refractivity contribution in [2.24, 2.45) is 0 Å². The fourth-order valence-electron chi connectivity index (χ4n) is 2.25. The van der Waals surface area contributed by atoms with Crippen LogP contribution >= 0.6 is 0 Å². The van der Waals surface area contributed by atoms with Crippen LogP contribution in [0.15, 0.2) is 42.5 Å². The number of carbonyl (C=O) groups is 2. The van der Waals surface area contributed by atoms with E-state index in [-0.39, 0.29) is 12.2 Å². The second kappa shape index (κ2) is 7.91. The Balaban J connectivity index is 2.26. The second-order valence-corrected chi connectivity index (χ2v) is 5.49. The van der Waals surface area contributed by atoms with Gasteiger partial charge in [-0.1, -0.05) is 12.1 Å². The zero-order chi connectivity index (χ0) is 20.1. The highest BCUT2D eigenvalue weighted by Gasteiger charge is 2.24. The summed E-state index contributed by atoms with van der Waals surface area (Å²) in [6, 6.07) is 6.58. The molecule has 2 rings (SSSR count). The van der Waals surface area contributed by atoms with Gasteiger partial charge in [-0.3, -0.25) is 25.0 Å². The fourth-order valence-corrected chi connectivity index (χ4v) is 2.25. The summed E-state index contributed by atoms with van der Waals surface area (Å²) in [7, 11) is 0.